The fourth-order valence-electron chi connectivity index (χ4n) is 3.39. The minimum Gasteiger partial charge on any atom is -0.376 e. The third-order valence-electron chi connectivity index (χ3n) is 4.89. The highest BCUT2D eigenvalue weighted by atomic mass is 127. The average molecular weight is 467 g/mol. The Morgan fingerprint density at radius 3 is 2.60 bits per heavy atom. The summed E-state index contributed by atoms with van der Waals surface area (Å²) in [6.45, 7) is 10.0. The van der Waals surface area contributed by atoms with E-state index >= 15 is 0 Å². The molecule has 0 aromatic rings. The van der Waals surface area contributed by atoms with Gasteiger partial charge in [0.1, 0.15) is 0 Å². The molecule has 2 aliphatic rings. The smallest absolute Gasteiger partial charge is 0.193 e. The van der Waals surface area contributed by atoms with Gasteiger partial charge in [0, 0.05) is 32.8 Å². The Balaban J connectivity index is 0.00000312. The van der Waals surface area contributed by atoms with Crippen LogP contribution in [-0.4, -0.2) is 62.5 Å². The molecule has 1 N–H and O–H groups in total. The first-order valence-corrected chi connectivity index (χ1v) is 10.1. The number of likely N-dealkylation sites (tertiary alicyclic amines) is 1. The van der Waals surface area contributed by atoms with Gasteiger partial charge < -0.3 is 19.7 Å². The van der Waals surface area contributed by atoms with Crippen molar-refractivity contribution < 1.29 is 9.47 Å². The van der Waals surface area contributed by atoms with Crippen LogP contribution >= 0.6 is 24.0 Å². The van der Waals surface area contributed by atoms with Crippen molar-refractivity contribution in [3.05, 3.63) is 0 Å². The van der Waals surface area contributed by atoms with Crippen molar-refractivity contribution in [3.63, 3.8) is 0 Å². The van der Waals surface area contributed by atoms with E-state index in [1.54, 1.807) is 0 Å². The summed E-state index contributed by atoms with van der Waals surface area (Å²) in [5, 5.41) is 3.44. The molecule has 2 fully saturated rings. The zero-order chi connectivity index (χ0) is 17.0. The first-order valence-electron chi connectivity index (χ1n) is 10.1. The van der Waals surface area contributed by atoms with Crippen LogP contribution < -0.4 is 5.32 Å². The van der Waals surface area contributed by atoms with E-state index in [2.05, 4.69) is 24.1 Å². The van der Waals surface area contributed by atoms with Crippen LogP contribution in [0.2, 0.25) is 0 Å². The molecule has 148 valence electrons. The lowest BCUT2D eigenvalue weighted by Crippen LogP contribution is -2.47. The molecular weight excluding hydrogens is 429 g/mol. The van der Waals surface area contributed by atoms with Gasteiger partial charge in [-0.25, -0.2) is 0 Å². The van der Waals surface area contributed by atoms with Crippen molar-refractivity contribution in [3.8, 4) is 0 Å². The van der Waals surface area contributed by atoms with Crippen molar-refractivity contribution >= 4 is 29.9 Å². The van der Waals surface area contributed by atoms with Gasteiger partial charge in [-0.3, -0.25) is 4.99 Å². The quantitative estimate of drug-likeness (QED) is 0.255. The van der Waals surface area contributed by atoms with Crippen molar-refractivity contribution in [1.29, 1.82) is 0 Å². The summed E-state index contributed by atoms with van der Waals surface area (Å²) in [6, 6.07) is 0. The summed E-state index contributed by atoms with van der Waals surface area (Å²) in [5.74, 6) is 1.09. The lowest BCUT2D eigenvalue weighted by molar-refractivity contribution is -0.0721. The van der Waals surface area contributed by atoms with Crippen molar-refractivity contribution in [2.24, 2.45) is 4.99 Å². The monoisotopic (exact) mass is 467 g/mol. The molecule has 2 aliphatic heterocycles. The molecule has 2 rings (SSSR count). The van der Waals surface area contributed by atoms with Gasteiger partial charge in [0.25, 0.3) is 0 Å². The van der Waals surface area contributed by atoms with Crippen molar-refractivity contribution in [2.45, 2.75) is 77.4 Å². The molecular formula is C19H38IN3O2. The molecule has 0 spiro atoms. The second kappa shape index (κ2) is 14.0. The minimum atomic E-state index is 0. The van der Waals surface area contributed by atoms with Gasteiger partial charge >= 0.3 is 0 Å². The number of aliphatic imine (C=N–C) groups is 1. The molecule has 1 atom stereocenters. The fourth-order valence-corrected chi connectivity index (χ4v) is 3.39. The largest absolute Gasteiger partial charge is 0.376 e. The molecule has 5 nitrogen and oxygen atoms in total. The predicted octanol–water partition coefficient (Wildman–Crippen LogP) is 3.81. The second-order valence-corrected chi connectivity index (χ2v) is 6.95. The number of hydrogen-bond donors (Lipinski definition) is 1. The number of rotatable bonds is 8. The van der Waals surface area contributed by atoms with Crippen molar-refractivity contribution in [1.82, 2.24) is 10.2 Å². The van der Waals surface area contributed by atoms with E-state index in [0.29, 0.717) is 12.2 Å². The highest BCUT2D eigenvalue weighted by molar-refractivity contribution is 14.0. The number of guanidine groups is 1. The second-order valence-electron chi connectivity index (χ2n) is 6.95. The molecule has 0 amide bonds. The Bertz CT molecular complexity index is 355. The van der Waals surface area contributed by atoms with Crippen LogP contribution in [0.4, 0.5) is 0 Å². The highest BCUT2D eigenvalue weighted by Crippen LogP contribution is 2.18. The third-order valence-corrected chi connectivity index (χ3v) is 4.89. The zero-order valence-corrected chi connectivity index (χ0v) is 18.5. The van der Waals surface area contributed by atoms with Gasteiger partial charge in [0.15, 0.2) is 5.96 Å². The Morgan fingerprint density at radius 2 is 1.96 bits per heavy atom. The SMILES string of the molecule is CCCCCN=C(NCC)N1CCC(OCC2CCCCO2)CC1.I. The maximum Gasteiger partial charge on any atom is 0.193 e. The van der Waals surface area contributed by atoms with E-state index in [4.69, 9.17) is 14.5 Å². The van der Waals surface area contributed by atoms with Gasteiger partial charge in [-0.15, -0.1) is 24.0 Å². The lowest BCUT2D eigenvalue weighted by atomic mass is 10.1. The zero-order valence-electron chi connectivity index (χ0n) is 16.2. The van der Waals surface area contributed by atoms with Crippen LogP contribution in [-0.2, 0) is 9.47 Å². The number of hydrogen-bond acceptors (Lipinski definition) is 3. The summed E-state index contributed by atoms with van der Waals surface area (Å²) in [4.78, 5) is 7.19. The van der Waals surface area contributed by atoms with Crippen LogP contribution in [0.1, 0.15) is 65.2 Å². The summed E-state index contributed by atoms with van der Waals surface area (Å²) in [5.41, 5.74) is 0. The summed E-state index contributed by atoms with van der Waals surface area (Å²) in [7, 11) is 0. The van der Waals surface area contributed by atoms with Gasteiger partial charge in [0.05, 0.1) is 18.8 Å². The summed E-state index contributed by atoms with van der Waals surface area (Å²) in [6.07, 6.45) is 10.2. The third kappa shape index (κ3) is 8.91. The number of unbranched alkanes of at least 4 members (excludes halogenated alkanes) is 2. The maximum absolute atomic E-state index is 6.11. The summed E-state index contributed by atoms with van der Waals surface area (Å²) >= 11 is 0. The van der Waals surface area contributed by atoms with E-state index < -0.39 is 0 Å². The topological polar surface area (TPSA) is 46.1 Å². The maximum atomic E-state index is 6.11. The Hall–Kier alpha value is -0.0800. The Morgan fingerprint density at radius 1 is 1.16 bits per heavy atom. The number of nitrogens with one attached hydrogen (secondary N) is 1. The molecule has 0 radical (unpaired) electrons. The van der Waals surface area contributed by atoms with Crippen LogP contribution in [0.25, 0.3) is 0 Å². The van der Waals surface area contributed by atoms with Crippen LogP contribution in [0.3, 0.4) is 0 Å². The van der Waals surface area contributed by atoms with E-state index in [9.17, 15) is 0 Å². The van der Waals surface area contributed by atoms with E-state index in [-0.39, 0.29) is 24.0 Å². The number of nitrogens with zero attached hydrogens (tertiary/aromatic N) is 2. The lowest BCUT2D eigenvalue weighted by Gasteiger charge is -2.35. The molecule has 1 unspecified atom stereocenters. The molecule has 0 saturated carbocycles. The van der Waals surface area contributed by atoms with Gasteiger partial charge in [-0.05, 0) is 45.4 Å². The highest BCUT2D eigenvalue weighted by Gasteiger charge is 2.23. The van der Waals surface area contributed by atoms with Gasteiger partial charge in [-0.1, -0.05) is 19.8 Å². The fraction of sp³-hybridized carbons (Fsp3) is 0.947. The molecule has 0 aliphatic carbocycles. The number of piperidine rings is 1. The molecule has 2 heterocycles. The number of halogens is 1. The van der Waals surface area contributed by atoms with Gasteiger partial charge in [-0.2, -0.15) is 0 Å². The number of ether oxygens (including phenoxy) is 2. The molecule has 25 heavy (non-hydrogen) atoms. The van der Waals surface area contributed by atoms with Crippen LogP contribution in [0.5, 0.6) is 0 Å². The average Bonchev–Trinajstić information content (AvgIpc) is 2.64. The minimum absolute atomic E-state index is 0. The van der Waals surface area contributed by atoms with E-state index in [0.717, 1.165) is 64.6 Å². The molecule has 6 heteroatoms. The van der Waals surface area contributed by atoms with Crippen LogP contribution in [0, 0.1) is 0 Å². The molecule has 0 aromatic carbocycles. The van der Waals surface area contributed by atoms with E-state index in [1.165, 1.54) is 32.1 Å². The Kier molecular flexibility index (Phi) is 12.9. The molecule has 0 bridgehead atoms. The predicted molar refractivity (Wildman–Crippen MR) is 115 cm³/mol. The first kappa shape index (κ1) is 23.0. The molecule has 0 aromatic heterocycles. The first-order chi connectivity index (χ1) is 11.8. The Labute approximate surface area is 171 Å². The normalized spacial score (nSPS) is 22.6. The van der Waals surface area contributed by atoms with Crippen LogP contribution in [0.15, 0.2) is 4.99 Å². The molecule has 2 saturated heterocycles. The summed E-state index contributed by atoms with van der Waals surface area (Å²) < 4.78 is 11.9. The standard InChI is InChI=1S/C19H37N3O2.HI/c1-3-5-7-12-21-19(20-4-2)22-13-10-17(11-14-22)24-16-18-9-6-8-15-23-18;/h17-18H,3-16H2,1-2H3,(H,20,21);1H. The van der Waals surface area contributed by atoms with Crippen molar-refractivity contribution in [2.75, 3.05) is 39.4 Å². The van der Waals surface area contributed by atoms with E-state index in [1.807, 2.05) is 0 Å². The van der Waals surface area contributed by atoms with Gasteiger partial charge in [0.2, 0.25) is 0 Å².